The van der Waals surface area contributed by atoms with Crippen molar-refractivity contribution in [3.8, 4) is 17.6 Å². The number of hydrogen-bond donors (Lipinski definition) is 3. The molecule has 3 unspecified atom stereocenters. The lowest BCUT2D eigenvalue weighted by Gasteiger charge is -2.46. The van der Waals surface area contributed by atoms with Gasteiger partial charge in [0.05, 0.1) is 16.3 Å². The standard InChI is InChI=1S/C34H38N6O4S/c1-20-16-24(44-23-8-6-5-7-9-23)10-11-25(20)40-26-12-14-36-31-27(26)28(38-33(40)43)29(45-31)30(41)37-22-13-15-39(19-22)32(42)21(18-35)17-34(2,3)4/h5-11,16-17,22,26-27,31,36H,12-15,19H2,1-4H3,(H,37,41)(H,38,43)/b21-17+/t22-,26?,27?,31?/m1/s1. The third kappa shape index (κ3) is 6.30. The van der Waals surface area contributed by atoms with Crippen molar-refractivity contribution in [3.05, 3.63) is 76.3 Å². The summed E-state index contributed by atoms with van der Waals surface area (Å²) in [4.78, 5) is 44.3. The van der Waals surface area contributed by atoms with Crippen molar-refractivity contribution in [2.45, 2.75) is 58.0 Å². The van der Waals surface area contributed by atoms with E-state index in [1.807, 2.05) is 87.2 Å². The van der Waals surface area contributed by atoms with Gasteiger partial charge in [0.25, 0.3) is 11.8 Å². The maximum atomic E-state index is 13.7. The molecular weight excluding hydrogens is 588 g/mol. The topological polar surface area (TPSA) is 127 Å². The SMILES string of the molecule is Cc1cc(Oc2ccccc2)ccc1N1C(=O)NC2=C(C(=O)N[C@@H]3CCN(C(=O)/C(C#N)=C/C(C)(C)C)C3)SC3NCCC1C23. The Hall–Kier alpha value is -4.27. The number of nitriles is 1. The highest BCUT2D eigenvalue weighted by Crippen LogP contribution is 2.48. The van der Waals surface area contributed by atoms with Gasteiger partial charge in [-0.3, -0.25) is 14.5 Å². The molecule has 4 heterocycles. The number of ether oxygens (including phenoxy) is 1. The number of urea groups is 1. The zero-order chi connectivity index (χ0) is 31.9. The molecule has 2 aromatic rings. The van der Waals surface area contributed by atoms with Crippen molar-refractivity contribution in [3.63, 3.8) is 0 Å². The number of para-hydroxylation sites is 1. The van der Waals surface area contributed by atoms with Crippen molar-refractivity contribution in [1.29, 1.82) is 5.26 Å². The smallest absolute Gasteiger partial charge is 0.326 e. The number of carbonyl (C=O) groups is 3. The van der Waals surface area contributed by atoms with Gasteiger partial charge in [0.1, 0.15) is 23.1 Å². The molecule has 0 aliphatic carbocycles. The van der Waals surface area contributed by atoms with Crippen LogP contribution in [0, 0.1) is 29.6 Å². The molecule has 3 saturated heterocycles. The second-order valence-electron chi connectivity index (χ2n) is 13.0. The van der Waals surface area contributed by atoms with E-state index in [-0.39, 0.29) is 52.2 Å². The average molecular weight is 627 g/mol. The Kier molecular flexibility index (Phi) is 8.37. The normalized spacial score (nSPS) is 24.6. The van der Waals surface area contributed by atoms with E-state index in [1.54, 1.807) is 11.0 Å². The van der Waals surface area contributed by atoms with Crippen molar-refractivity contribution in [2.24, 2.45) is 11.3 Å². The molecule has 11 heteroatoms. The van der Waals surface area contributed by atoms with Gasteiger partial charge in [-0.05, 0) is 67.6 Å². The number of rotatable bonds is 6. The van der Waals surface area contributed by atoms with E-state index >= 15 is 0 Å². The van der Waals surface area contributed by atoms with Crippen LogP contribution in [0.15, 0.2) is 70.8 Å². The molecule has 2 aromatic carbocycles. The molecule has 0 saturated carbocycles. The monoisotopic (exact) mass is 626 g/mol. The molecule has 10 nitrogen and oxygen atoms in total. The minimum absolute atomic E-state index is 0.0500. The summed E-state index contributed by atoms with van der Waals surface area (Å²) < 4.78 is 6.01. The second-order valence-corrected chi connectivity index (χ2v) is 14.2. The second kappa shape index (κ2) is 12.3. The van der Waals surface area contributed by atoms with Gasteiger partial charge >= 0.3 is 6.03 Å². The molecule has 3 N–H and O–H groups in total. The van der Waals surface area contributed by atoms with E-state index in [0.29, 0.717) is 35.9 Å². The van der Waals surface area contributed by atoms with Crippen LogP contribution in [0.4, 0.5) is 10.5 Å². The van der Waals surface area contributed by atoms with Crippen LogP contribution < -0.4 is 25.6 Å². The summed E-state index contributed by atoms with van der Waals surface area (Å²) in [5.74, 6) is 0.798. The maximum absolute atomic E-state index is 13.7. The Morgan fingerprint density at radius 2 is 1.91 bits per heavy atom. The zero-order valence-corrected chi connectivity index (χ0v) is 26.7. The highest BCUT2D eigenvalue weighted by atomic mass is 32.2. The summed E-state index contributed by atoms with van der Waals surface area (Å²) in [5, 5.41) is 19.2. The third-order valence-corrected chi connectivity index (χ3v) is 9.85. The number of carbonyl (C=O) groups excluding carboxylic acids is 3. The first-order valence-corrected chi connectivity index (χ1v) is 16.2. The predicted octanol–water partition coefficient (Wildman–Crippen LogP) is 4.79. The van der Waals surface area contributed by atoms with Gasteiger partial charge in [-0.1, -0.05) is 56.8 Å². The van der Waals surface area contributed by atoms with E-state index in [9.17, 15) is 19.6 Å². The third-order valence-electron chi connectivity index (χ3n) is 8.49. The Bertz CT molecular complexity index is 1630. The van der Waals surface area contributed by atoms with Gasteiger partial charge in [0.2, 0.25) is 0 Å². The van der Waals surface area contributed by atoms with Gasteiger partial charge in [0.15, 0.2) is 0 Å². The number of aryl methyl sites for hydroxylation is 1. The fourth-order valence-corrected chi connectivity index (χ4v) is 7.95. The summed E-state index contributed by atoms with van der Waals surface area (Å²) in [6, 6.07) is 16.7. The van der Waals surface area contributed by atoms with E-state index < -0.39 is 0 Å². The minimum atomic E-state index is -0.311. The highest BCUT2D eigenvalue weighted by molar-refractivity contribution is 8.04. The van der Waals surface area contributed by atoms with Crippen LogP contribution in [0.5, 0.6) is 11.5 Å². The lowest BCUT2D eigenvalue weighted by atomic mass is 9.86. The number of nitrogens with one attached hydrogen (secondary N) is 3. The van der Waals surface area contributed by atoms with Crippen molar-refractivity contribution < 1.29 is 19.1 Å². The number of piperidine rings is 1. The number of anilines is 1. The van der Waals surface area contributed by atoms with Crippen LogP contribution in [0.2, 0.25) is 0 Å². The highest BCUT2D eigenvalue weighted by Gasteiger charge is 2.52. The van der Waals surface area contributed by atoms with E-state index in [1.165, 1.54) is 11.8 Å². The molecule has 3 fully saturated rings. The van der Waals surface area contributed by atoms with Crippen LogP contribution in [0.3, 0.4) is 0 Å². The van der Waals surface area contributed by atoms with Gasteiger partial charge in [-0.15, -0.1) is 0 Å². The number of allylic oxidation sites excluding steroid dienone is 1. The van der Waals surface area contributed by atoms with Crippen LogP contribution in [0.25, 0.3) is 0 Å². The van der Waals surface area contributed by atoms with Crippen LogP contribution in [0.1, 0.15) is 39.2 Å². The molecule has 4 amide bonds. The van der Waals surface area contributed by atoms with E-state index in [2.05, 4.69) is 16.0 Å². The summed E-state index contributed by atoms with van der Waals surface area (Å²) in [5.41, 5.74) is 2.21. The van der Waals surface area contributed by atoms with Crippen molar-refractivity contribution >= 4 is 35.3 Å². The number of thioether (sulfide) groups is 1. The lowest BCUT2D eigenvalue weighted by molar-refractivity contribution is -0.126. The number of benzene rings is 2. The maximum Gasteiger partial charge on any atom is 0.326 e. The van der Waals surface area contributed by atoms with Crippen LogP contribution >= 0.6 is 11.8 Å². The van der Waals surface area contributed by atoms with Gasteiger partial charge in [-0.25, -0.2) is 4.79 Å². The molecule has 0 radical (unpaired) electrons. The first kappa shape index (κ1) is 30.7. The lowest BCUT2D eigenvalue weighted by Crippen LogP contribution is -2.62. The van der Waals surface area contributed by atoms with E-state index in [4.69, 9.17) is 4.74 Å². The molecule has 0 spiro atoms. The molecule has 6 rings (SSSR count). The minimum Gasteiger partial charge on any atom is -0.457 e. The molecule has 45 heavy (non-hydrogen) atoms. The molecular formula is C34H38N6O4S. The summed E-state index contributed by atoms with van der Waals surface area (Å²) in [7, 11) is 0. The first-order chi connectivity index (χ1) is 21.5. The molecule has 4 aliphatic heterocycles. The number of amides is 4. The number of nitrogens with zero attached hydrogens (tertiary/aromatic N) is 3. The Labute approximate surface area is 267 Å². The van der Waals surface area contributed by atoms with Gasteiger partial charge < -0.3 is 25.6 Å². The van der Waals surface area contributed by atoms with Gasteiger partial charge in [0, 0.05) is 36.4 Å². The Morgan fingerprint density at radius 3 is 2.62 bits per heavy atom. The largest absolute Gasteiger partial charge is 0.457 e. The van der Waals surface area contributed by atoms with Crippen LogP contribution in [-0.4, -0.2) is 59.8 Å². The molecule has 4 aliphatic rings. The van der Waals surface area contributed by atoms with Gasteiger partial charge in [-0.2, -0.15) is 5.26 Å². The number of likely N-dealkylation sites (tertiary alicyclic amines) is 1. The summed E-state index contributed by atoms with van der Waals surface area (Å²) >= 11 is 1.45. The Balaban J connectivity index is 1.17. The van der Waals surface area contributed by atoms with E-state index in [0.717, 1.165) is 30.0 Å². The molecule has 4 atom stereocenters. The van der Waals surface area contributed by atoms with Crippen molar-refractivity contribution in [1.82, 2.24) is 20.9 Å². The molecule has 0 aromatic heterocycles. The Morgan fingerprint density at radius 1 is 1.13 bits per heavy atom. The molecule has 234 valence electrons. The molecule has 0 bridgehead atoms. The fraction of sp³-hybridized carbons (Fsp3) is 0.412. The quantitative estimate of drug-likeness (QED) is 0.311. The first-order valence-electron chi connectivity index (χ1n) is 15.3. The van der Waals surface area contributed by atoms with Crippen LogP contribution in [-0.2, 0) is 9.59 Å². The number of hydrogen-bond acceptors (Lipinski definition) is 7. The average Bonchev–Trinajstić information content (AvgIpc) is 3.62. The fourth-order valence-electron chi connectivity index (χ4n) is 6.55. The zero-order valence-electron chi connectivity index (χ0n) is 25.9. The summed E-state index contributed by atoms with van der Waals surface area (Å²) in [6.07, 6.45) is 3.03. The predicted molar refractivity (Wildman–Crippen MR) is 173 cm³/mol. The summed E-state index contributed by atoms with van der Waals surface area (Å²) in [6.45, 7) is 9.32. The van der Waals surface area contributed by atoms with Crippen molar-refractivity contribution in [2.75, 3.05) is 24.5 Å².